The number of piperazine rings is 1. The van der Waals surface area contributed by atoms with Crippen molar-refractivity contribution in [3.05, 3.63) is 83.4 Å². The largest absolute Gasteiger partial charge is 0.508 e. The summed E-state index contributed by atoms with van der Waals surface area (Å²) in [6.45, 7) is 6.04. The Morgan fingerprint density at radius 1 is 0.974 bits per heavy atom. The summed E-state index contributed by atoms with van der Waals surface area (Å²) in [5.74, 6) is -1.93. The highest BCUT2D eigenvalue weighted by atomic mass is 32.2. The van der Waals surface area contributed by atoms with Gasteiger partial charge in [0, 0.05) is 44.0 Å². The SMILES string of the molecule is Cc1cc(CN2CCN(c3ccc(C(=O)NS(=O)(=O)CCC(F)(F)F)cc3)CC2)ccc1-c1cccc(O)c1. The third-order valence-corrected chi connectivity index (χ3v) is 7.86. The molecular weight excluding hydrogens is 531 g/mol. The van der Waals surface area contributed by atoms with Gasteiger partial charge in [0.25, 0.3) is 5.91 Å². The van der Waals surface area contributed by atoms with Crippen LogP contribution >= 0.6 is 0 Å². The second-order valence-corrected chi connectivity index (χ2v) is 11.5. The summed E-state index contributed by atoms with van der Waals surface area (Å²) in [5, 5.41) is 9.78. The molecule has 1 heterocycles. The van der Waals surface area contributed by atoms with Crippen molar-refractivity contribution in [1.82, 2.24) is 9.62 Å². The highest BCUT2D eigenvalue weighted by Crippen LogP contribution is 2.28. The molecule has 0 unspecified atom stereocenters. The minimum atomic E-state index is -4.62. The minimum absolute atomic E-state index is 0.0532. The van der Waals surface area contributed by atoms with E-state index in [1.165, 1.54) is 17.7 Å². The Morgan fingerprint density at radius 3 is 2.28 bits per heavy atom. The number of aryl methyl sites for hydroxylation is 1. The van der Waals surface area contributed by atoms with Crippen LogP contribution in [0.3, 0.4) is 0 Å². The molecule has 0 aromatic heterocycles. The molecule has 3 aromatic rings. The van der Waals surface area contributed by atoms with Crippen LogP contribution in [0.2, 0.25) is 0 Å². The predicted molar refractivity (Wildman–Crippen MR) is 144 cm³/mol. The van der Waals surface area contributed by atoms with Gasteiger partial charge in [-0.2, -0.15) is 13.2 Å². The molecule has 11 heteroatoms. The summed E-state index contributed by atoms with van der Waals surface area (Å²) < 4.78 is 62.2. The standard InChI is InChI=1S/C28H30F3N3O4S/c1-20-17-21(5-10-26(20)23-3-2-4-25(35)18-23)19-33-12-14-34(15-13-33)24-8-6-22(7-9-24)27(36)32-39(37,38)16-11-28(29,30)31/h2-10,17-18,35H,11-16,19H2,1H3,(H,32,36). The average molecular weight is 562 g/mol. The van der Waals surface area contributed by atoms with Crippen LogP contribution in [0.25, 0.3) is 11.1 Å². The number of carbonyl (C=O) groups excluding carboxylic acids is 1. The van der Waals surface area contributed by atoms with Gasteiger partial charge in [-0.05, 0) is 65.6 Å². The Bertz CT molecular complexity index is 1420. The molecule has 208 valence electrons. The zero-order valence-corrected chi connectivity index (χ0v) is 22.2. The molecule has 1 saturated heterocycles. The number of anilines is 1. The number of halogens is 3. The number of carbonyl (C=O) groups is 1. The molecule has 3 aromatic carbocycles. The third kappa shape index (κ3) is 7.96. The van der Waals surface area contributed by atoms with Gasteiger partial charge >= 0.3 is 6.18 Å². The van der Waals surface area contributed by atoms with Gasteiger partial charge in [-0.1, -0.05) is 30.3 Å². The topological polar surface area (TPSA) is 90.0 Å². The molecule has 0 radical (unpaired) electrons. The van der Waals surface area contributed by atoms with Crippen LogP contribution in [0.1, 0.15) is 27.9 Å². The molecule has 1 fully saturated rings. The van der Waals surface area contributed by atoms with E-state index in [1.807, 2.05) is 12.1 Å². The molecule has 0 spiro atoms. The quantitative estimate of drug-likeness (QED) is 0.415. The number of amides is 1. The summed E-state index contributed by atoms with van der Waals surface area (Å²) in [6.07, 6.45) is -6.15. The summed E-state index contributed by atoms with van der Waals surface area (Å²) in [4.78, 5) is 16.7. The van der Waals surface area contributed by atoms with E-state index < -0.39 is 34.3 Å². The Morgan fingerprint density at radius 2 is 1.67 bits per heavy atom. The van der Waals surface area contributed by atoms with Crippen molar-refractivity contribution in [2.45, 2.75) is 26.1 Å². The van der Waals surface area contributed by atoms with Gasteiger partial charge in [0.15, 0.2) is 0 Å². The maximum atomic E-state index is 12.3. The van der Waals surface area contributed by atoms with Crippen LogP contribution in [0.5, 0.6) is 5.75 Å². The Kier molecular flexibility index (Phi) is 8.51. The summed E-state index contributed by atoms with van der Waals surface area (Å²) in [7, 11) is -4.39. The molecule has 0 saturated carbocycles. The first-order valence-corrected chi connectivity index (χ1v) is 14.1. The van der Waals surface area contributed by atoms with Crippen molar-refractivity contribution in [2.75, 3.05) is 36.8 Å². The lowest BCUT2D eigenvalue weighted by atomic mass is 9.98. The highest BCUT2D eigenvalue weighted by Gasteiger charge is 2.30. The number of aromatic hydroxyl groups is 1. The normalized spacial score (nSPS) is 14.8. The van der Waals surface area contributed by atoms with Crippen molar-refractivity contribution in [3.63, 3.8) is 0 Å². The number of sulfonamides is 1. The van der Waals surface area contributed by atoms with Gasteiger partial charge in [-0.15, -0.1) is 0 Å². The van der Waals surface area contributed by atoms with Crippen LogP contribution in [0.4, 0.5) is 18.9 Å². The molecule has 1 aliphatic rings. The molecule has 7 nitrogen and oxygen atoms in total. The lowest BCUT2D eigenvalue weighted by molar-refractivity contribution is -0.130. The molecule has 1 aliphatic heterocycles. The van der Waals surface area contributed by atoms with Crippen LogP contribution in [-0.4, -0.2) is 62.4 Å². The van der Waals surface area contributed by atoms with Crippen molar-refractivity contribution in [2.24, 2.45) is 0 Å². The second-order valence-electron chi connectivity index (χ2n) is 9.62. The number of alkyl halides is 3. The van der Waals surface area contributed by atoms with Crippen LogP contribution in [0.15, 0.2) is 66.7 Å². The molecular formula is C28H30F3N3O4S. The number of hydrogen-bond donors (Lipinski definition) is 2. The number of benzene rings is 3. The molecule has 39 heavy (non-hydrogen) atoms. The van der Waals surface area contributed by atoms with E-state index in [0.29, 0.717) is 0 Å². The van der Waals surface area contributed by atoms with Crippen molar-refractivity contribution in [1.29, 1.82) is 0 Å². The number of hydrogen-bond acceptors (Lipinski definition) is 6. The third-order valence-electron chi connectivity index (χ3n) is 6.62. The molecule has 0 aliphatic carbocycles. The lowest BCUT2D eigenvalue weighted by Crippen LogP contribution is -2.46. The monoisotopic (exact) mass is 561 g/mol. The van der Waals surface area contributed by atoms with E-state index in [4.69, 9.17) is 0 Å². The maximum absolute atomic E-state index is 12.3. The average Bonchev–Trinajstić information content (AvgIpc) is 2.88. The van der Waals surface area contributed by atoms with Crippen molar-refractivity contribution >= 4 is 21.6 Å². The fourth-order valence-electron chi connectivity index (χ4n) is 4.57. The van der Waals surface area contributed by atoms with Gasteiger partial charge in [0.1, 0.15) is 5.75 Å². The van der Waals surface area contributed by atoms with E-state index in [-0.39, 0.29) is 11.3 Å². The zero-order chi connectivity index (χ0) is 28.2. The van der Waals surface area contributed by atoms with Gasteiger partial charge < -0.3 is 10.0 Å². The Balaban J connectivity index is 1.29. The number of rotatable bonds is 8. The smallest absolute Gasteiger partial charge is 0.390 e. The number of phenols is 1. The first-order chi connectivity index (χ1) is 18.4. The lowest BCUT2D eigenvalue weighted by Gasteiger charge is -2.36. The maximum Gasteiger partial charge on any atom is 0.390 e. The van der Waals surface area contributed by atoms with E-state index in [9.17, 15) is 31.5 Å². The first kappa shape index (κ1) is 28.4. The minimum Gasteiger partial charge on any atom is -0.508 e. The molecule has 1 amide bonds. The number of nitrogens with one attached hydrogen (secondary N) is 1. The number of phenolic OH excluding ortho intramolecular Hbond substituents is 1. The van der Waals surface area contributed by atoms with Gasteiger partial charge in [0.2, 0.25) is 10.0 Å². The van der Waals surface area contributed by atoms with E-state index in [1.54, 1.807) is 29.0 Å². The van der Waals surface area contributed by atoms with E-state index >= 15 is 0 Å². The van der Waals surface area contributed by atoms with Crippen LogP contribution in [0, 0.1) is 6.92 Å². The van der Waals surface area contributed by atoms with Gasteiger partial charge in [0.05, 0.1) is 12.2 Å². The zero-order valence-electron chi connectivity index (χ0n) is 21.4. The summed E-state index contributed by atoms with van der Waals surface area (Å²) in [6, 6.07) is 19.9. The molecule has 0 bridgehead atoms. The Labute approximate surface area is 225 Å². The molecule has 0 atom stereocenters. The van der Waals surface area contributed by atoms with Gasteiger partial charge in [-0.25, -0.2) is 13.1 Å². The second kappa shape index (κ2) is 11.7. The predicted octanol–water partition coefficient (Wildman–Crippen LogP) is 4.70. The van der Waals surface area contributed by atoms with Gasteiger partial charge in [-0.3, -0.25) is 9.69 Å². The summed E-state index contributed by atoms with van der Waals surface area (Å²) in [5.41, 5.74) is 5.31. The van der Waals surface area contributed by atoms with Crippen molar-refractivity contribution < 1.29 is 31.5 Å². The van der Waals surface area contributed by atoms with Crippen LogP contribution < -0.4 is 9.62 Å². The fraction of sp³-hybridized carbons (Fsp3) is 0.321. The molecule has 2 N–H and O–H groups in total. The summed E-state index contributed by atoms with van der Waals surface area (Å²) >= 11 is 0. The first-order valence-electron chi connectivity index (χ1n) is 12.5. The van der Waals surface area contributed by atoms with Crippen LogP contribution in [-0.2, 0) is 16.6 Å². The van der Waals surface area contributed by atoms with E-state index in [0.717, 1.165) is 55.1 Å². The van der Waals surface area contributed by atoms with Crippen molar-refractivity contribution in [3.8, 4) is 16.9 Å². The number of nitrogens with zero attached hydrogens (tertiary/aromatic N) is 2. The molecule has 4 rings (SSSR count). The van der Waals surface area contributed by atoms with E-state index in [2.05, 4.69) is 34.9 Å². The fourth-order valence-corrected chi connectivity index (χ4v) is 5.57. The highest BCUT2D eigenvalue weighted by molar-refractivity contribution is 7.90. The Hall–Kier alpha value is -3.57.